The van der Waals surface area contributed by atoms with E-state index in [2.05, 4.69) is 35.1 Å². The van der Waals surface area contributed by atoms with Crippen LogP contribution in [0.2, 0.25) is 0 Å². The molecule has 19 heavy (non-hydrogen) atoms. The van der Waals surface area contributed by atoms with Gasteiger partial charge >= 0.3 is 0 Å². The topological polar surface area (TPSA) is 65.1 Å². The molecule has 5 heteroatoms. The first-order chi connectivity index (χ1) is 8.95. The third-order valence-corrected chi connectivity index (χ3v) is 3.05. The standard InChI is InChI=1S/C14H24N4O/c1-11-6-7-12(14(15)16-19)13(10-11)18(4)9-5-8-17(2)3/h6-7,10,19H,5,8-9H2,1-4H3,(H2,15,16). The van der Waals surface area contributed by atoms with Crippen LogP contribution in [-0.4, -0.2) is 50.2 Å². The number of amidine groups is 1. The van der Waals surface area contributed by atoms with Crippen molar-refractivity contribution < 1.29 is 5.21 Å². The largest absolute Gasteiger partial charge is 0.409 e. The van der Waals surface area contributed by atoms with Gasteiger partial charge in [0.1, 0.15) is 0 Å². The van der Waals surface area contributed by atoms with Crippen LogP contribution < -0.4 is 10.6 Å². The monoisotopic (exact) mass is 264 g/mol. The molecule has 0 bridgehead atoms. The third-order valence-electron chi connectivity index (χ3n) is 3.05. The number of anilines is 1. The maximum atomic E-state index is 8.85. The first-order valence-electron chi connectivity index (χ1n) is 6.40. The highest BCUT2D eigenvalue weighted by Crippen LogP contribution is 2.21. The number of nitrogens with zero attached hydrogens (tertiary/aromatic N) is 3. The summed E-state index contributed by atoms with van der Waals surface area (Å²) in [6, 6.07) is 5.91. The second kappa shape index (κ2) is 6.99. The van der Waals surface area contributed by atoms with Crippen LogP contribution in [0.25, 0.3) is 0 Å². The van der Waals surface area contributed by atoms with E-state index in [1.165, 1.54) is 0 Å². The minimum atomic E-state index is 0.148. The fourth-order valence-corrected chi connectivity index (χ4v) is 1.97. The van der Waals surface area contributed by atoms with Crippen molar-refractivity contribution in [3.63, 3.8) is 0 Å². The van der Waals surface area contributed by atoms with Crippen molar-refractivity contribution in [2.75, 3.05) is 39.1 Å². The van der Waals surface area contributed by atoms with Crippen LogP contribution in [-0.2, 0) is 0 Å². The zero-order valence-electron chi connectivity index (χ0n) is 12.2. The molecule has 5 nitrogen and oxygen atoms in total. The van der Waals surface area contributed by atoms with E-state index < -0.39 is 0 Å². The van der Waals surface area contributed by atoms with Gasteiger partial charge in [0, 0.05) is 24.8 Å². The van der Waals surface area contributed by atoms with Gasteiger partial charge in [-0.25, -0.2) is 0 Å². The summed E-state index contributed by atoms with van der Waals surface area (Å²) < 4.78 is 0. The first kappa shape index (κ1) is 15.3. The van der Waals surface area contributed by atoms with E-state index in [1.54, 1.807) is 0 Å². The van der Waals surface area contributed by atoms with Gasteiger partial charge in [0.15, 0.2) is 5.84 Å². The van der Waals surface area contributed by atoms with Gasteiger partial charge in [-0.15, -0.1) is 0 Å². The van der Waals surface area contributed by atoms with Crippen LogP contribution in [0.15, 0.2) is 23.4 Å². The summed E-state index contributed by atoms with van der Waals surface area (Å²) >= 11 is 0. The number of oxime groups is 1. The molecular formula is C14H24N4O. The molecule has 106 valence electrons. The summed E-state index contributed by atoms with van der Waals surface area (Å²) in [5.74, 6) is 0.148. The molecule has 0 saturated heterocycles. The molecule has 1 rings (SSSR count). The van der Waals surface area contributed by atoms with Crippen molar-refractivity contribution in [2.24, 2.45) is 10.9 Å². The molecule has 0 aromatic heterocycles. The Morgan fingerprint density at radius 2 is 1.95 bits per heavy atom. The molecule has 0 aliphatic carbocycles. The van der Waals surface area contributed by atoms with Crippen LogP contribution in [0.4, 0.5) is 5.69 Å². The summed E-state index contributed by atoms with van der Waals surface area (Å²) in [6.45, 7) is 4.00. The summed E-state index contributed by atoms with van der Waals surface area (Å²) in [6.07, 6.45) is 1.06. The smallest absolute Gasteiger partial charge is 0.172 e. The van der Waals surface area contributed by atoms with Crippen molar-refractivity contribution in [1.29, 1.82) is 0 Å². The molecule has 0 unspecified atom stereocenters. The maximum absolute atomic E-state index is 8.85. The lowest BCUT2D eigenvalue weighted by atomic mass is 10.1. The second-order valence-corrected chi connectivity index (χ2v) is 5.08. The first-order valence-corrected chi connectivity index (χ1v) is 6.40. The lowest BCUT2D eigenvalue weighted by Crippen LogP contribution is -2.26. The third kappa shape index (κ3) is 4.44. The van der Waals surface area contributed by atoms with Gasteiger partial charge in [0.05, 0.1) is 0 Å². The lowest BCUT2D eigenvalue weighted by Gasteiger charge is -2.23. The van der Waals surface area contributed by atoms with Crippen LogP contribution in [0.3, 0.4) is 0 Å². The van der Waals surface area contributed by atoms with Gasteiger partial charge in [0.2, 0.25) is 0 Å². The molecular weight excluding hydrogens is 240 g/mol. The van der Waals surface area contributed by atoms with Crippen molar-refractivity contribution >= 4 is 11.5 Å². The summed E-state index contributed by atoms with van der Waals surface area (Å²) in [7, 11) is 6.15. The quantitative estimate of drug-likeness (QED) is 0.353. The van der Waals surface area contributed by atoms with Crippen LogP contribution in [0.1, 0.15) is 17.5 Å². The number of hydrogen-bond acceptors (Lipinski definition) is 4. The van der Waals surface area contributed by atoms with Crippen molar-refractivity contribution in [3.05, 3.63) is 29.3 Å². The normalized spacial score (nSPS) is 11.9. The second-order valence-electron chi connectivity index (χ2n) is 5.08. The Hall–Kier alpha value is -1.75. The van der Waals surface area contributed by atoms with E-state index in [1.807, 2.05) is 26.1 Å². The molecule has 3 N–H and O–H groups in total. The maximum Gasteiger partial charge on any atom is 0.172 e. The molecule has 1 aromatic rings. The molecule has 0 spiro atoms. The Labute approximate surface area is 115 Å². The van der Waals surface area contributed by atoms with Crippen LogP contribution in [0, 0.1) is 6.92 Å². The predicted molar refractivity (Wildman–Crippen MR) is 80.1 cm³/mol. The molecule has 1 aromatic carbocycles. The molecule has 0 fully saturated rings. The number of rotatable bonds is 6. The Balaban J connectivity index is 2.88. The SMILES string of the molecule is Cc1ccc(C(N)=NO)c(N(C)CCCN(C)C)c1. The Kier molecular flexibility index (Phi) is 5.63. The number of hydrogen-bond donors (Lipinski definition) is 2. The molecule has 0 heterocycles. The molecule has 0 atom stereocenters. The Morgan fingerprint density at radius 1 is 1.26 bits per heavy atom. The average molecular weight is 264 g/mol. The van der Waals surface area contributed by atoms with Crippen molar-refractivity contribution in [1.82, 2.24) is 4.90 Å². The van der Waals surface area contributed by atoms with Gasteiger partial charge < -0.3 is 20.7 Å². The number of aryl methyl sites for hydroxylation is 1. The predicted octanol–water partition coefficient (Wildman–Crippen LogP) is 1.48. The van der Waals surface area contributed by atoms with Crippen LogP contribution >= 0.6 is 0 Å². The number of nitrogens with two attached hydrogens (primary N) is 1. The van der Waals surface area contributed by atoms with Gasteiger partial charge in [-0.05, 0) is 51.7 Å². The van der Waals surface area contributed by atoms with Gasteiger partial charge in [-0.2, -0.15) is 0 Å². The summed E-state index contributed by atoms with van der Waals surface area (Å²) in [4.78, 5) is 4.30. The number of benzene rings is 1. The van der Waals surface area contributed by atoms with E-state index in [9.17, 15) is 0 Å². The highest BCUT2D eigenvalue weighted by atomic mass is 16.4. The van der Waals surface area contributed by atoms with Gasteiger partial charge in [0.25, 0.3) is 0 Å². The van der Waals surface area contributed by atoms with Crippen molar-refractivity contribution in [3.8, 4) is 0 Å². The average Bonchev–Trinajstić information content (AvgIpc) is 2.37. The van der Waals surface area contributed by atoms with Crippen LogP contribution in [0.5, 0.6) is 0 Å². The highest BCUT2D eigenvalue weighted by Gasteiger charge is 2.11. The minimum absolute atomic E-state index is 0.148. The van der Waals surface area contributed by atoms with Gasteiger partial charge in [-0.3, -0.25) is 0 Å². The fourth-order valence-electron chi connectivity index (χ4n) is 1.97. The van der Waals surface area contributed by atoms with Crippen molar-refractivity contribution in [2.45, 2.75) is 13.3 Å². The zero-order chi connectivity index (χ0) is 14.4. The van der Waals surface area contributed by atoms with Gasteiger partial charge in [-0.1, -0.05) is 11.2 Å². The van der Waals surface area contributed by atoms with E-state index >= 15 is 0 Å². The minimum Gasteiger partial charge on any atom is -0.409 e. The highest BCUT2D eigenvalue weighted by molar-refractivity contribution is 6.02. The zero-order valence-corrected chi connectivity index (χ0v) is 12.2. The Bertz CT molecular complexity index is 443. The Morgan fingerprint density at radius 3 is 2.53 bits per heavy atom. The summed E-state index contributed by atoms with van der Waals surface area (Å²) in [5.41, 5.74) is 8.64. The fraction of sp³-hybridized carbons (Fsp3) is 0.500. The van der Waals surface area contributed by atoms with E-state index in [0.717, 1.165) is 36.3 Å². The molecule has 0 saturated carbocycles. The molecule has 0 aliphatic heterocycles. The van der Waals surface area contributed by atoms with E-state index in [0.29, 0.717) is 0 Å². The molecule has 0 amide bonds. The summed E-state index contributed by atoms with van der Waals surface area (Å²) in [5, 5.41) is 11.9. The van der Waals surface area contributed by atoms with E-state index in [4.69, 9.17) is 10.9 Å². The molecule has 0 aliphatic rings. The lowest BCUT2D eigenvalue weighted by molar-refractivity contribution is 0.318. The molecule has 0 radical (unpaired) electrons. The van der Waals surface area contributed by atoms with E-state index in [-0.39, 0.29) is 5.84 Å².